The summed E-state index contributed by atoms with van der Waals surface area (Å²) < 4.78 is 35.7. The molecule has 1 aliphatic heterocycles. The van der Waals surface area contributed by atoms with E-state index >= 15 is 0 Å². The van der Waals surface area contributed by atoms with Gasteiger partial charge < -0.3 is 5.32 Å². The topological polar surface area (TPSA) is 92.5 Å². The van der Waals surface area contributed by atoms with E-state index in [-0.39, 0.29) is 22.7 Å². The Hall–Kier alpha value is -2.29. The molecule has 2 aromatic carbocycles. The van der Waals surface area contributed by atoms with E-state index in [1.54, 1.807) is 12.1 Å². The second-order valence-corrected chi connectivity index (χ2v) is 9.78. The summed E-state index contributed by atoms with van der Waals surface area (Å²) in [5, 5.41) is 8.07. The van der Waals surface area contributed by atoms with Crippen LogP contribution in [0.15, 0.2) is 53.4 Å². The molecular weight excluding hydrogens is 417 g/mol. The zero-order chi connectivity index (χ0) is 22.4. The number of nitrogens with two attached hydrogens (primary N) is 1. The molecule has 1 unspecified atom stereocenters. The number of halogens is 1. The number of carbonyl (C=O) groups excluding carboxylic acids is 1. The van der Waals surface area contributed by atoms with Crippen LogP contribution in [0.1, 0.15) is 30.9 Å². The number of carbonyl (C=O) groups is 1. The van der Waals surface area contributed by atoms with Gasteiger partial charge >= 0.3 is 0 Å². The van der Waals surface area contributed by atoms with Crippen LogP contribution < -0.4 is 10.5 Å². The fourth-order valence-corrected chi connectivity index (χ4v) is 4.50. The highest BCUT2D eigenvalue weighted by atomic mass is 32.2. The number of rotatable bonds is 8. The standard InChI is InChI=1S/C23H30FN3O3S/c1-17(23(28)26-13-10-18-4-8-22(9-5-18)31(25,29)30)27-14-11-20(12-15-27)16-19-2-6-21(24)7-3-19/h2-9,17,20H,10-16H2,1H3,(H,26,28)(H2,25,29,30). The van der Waals surface area contributed by atoms with Gasteiger partial charge in [-0.05, 0) is 87.0 Å². The highest BCUT2D eigenvalue weighted by Crippen LogP contribution is 2.23. The van der Waals surface area contributed by atoms with Crippen molar-refractivity contribution in [1.82, 2.24) is 10.2 Å². The van der Waals surface area contributed by atoms with Crippen molar-refractivity contribution in [2.24, 2.45) is 11.1 Å². The summed E-state index contributed by atoms with van der Waals surface area (Å²) in [7, 11) is -3.69. The number of primary sulfonamides is 1. The zero-order valence-corrected chi connectivity index (χ0v) is 18.6. The fourth-order valence-electron chi connectivity index (χ4n) is 3.99. The second kappa shape index (κ2) is 10.3. The Morgan fingerprint density at radius 1 is 1.10 bits per heavy atom. The van der Waals surface area contributed by atoms with E-state index < -0.39 is 10.0 Å². The molecule has 3 rings (SSSR count). The van der Waals surface area contributed by atoms with Crippen molar-refractivity contribution in [2.45, 2.75) is 43.5 Å². The molecule has 6 nitrogen and oxygen atoms in total. The molecule has 1 fully saturated rings. The van der Waals surface area contributed by atoms with E-state index in [0.717, 1.165) is 43.5 Å². The lowest BCUT2D eigenvalue weighted by atomic mass is 9.89. The molecule has 0 aliphatic carbocycles. The Kier molecular flexibility index (Phi) is 7.80. The molecule has 3 N–H and O–H groups in total. The van der Waals surface area contributed by atoms with Crippen molar-refractivity contribution in [3.8, 4) is 0 Å². The molecule has 0 radical (unpaired) electrons. The van der Waals surface area contributed by atoms with Gasteiger partial charge in [-0.25, -0.2) is 17.9 Å². The van der Waals surface area contributed by atoms with E-state index in [1.165, 1.54) is 24.3 Å². The Labute approximate surface area is 183 Å². The van der Waals surface area contributed by atoms with Gasteiger partial charge in [-0.2, -0.15) is 0 Å². The molecule has 1 aliphatic rings. The highest BCUT2D eigenvalue weighted by molar-refractivity contribution is 7.89. The predicted octanol–water partition coefficient (Wildman–Crippen LogP) is 2.47. The molecule has 2 aromatic rings. The van der Waals surface area contributed by atoms with Crippen LogP contribution in [-0.4, -0.2) is 44.9 Å². The minimum Gasteiger partial charge on any atom is -0.354 e. The number of sulfonamides is 1. The smallest absolute Gasteiger partial charge is 0.238 e. The van der Waals surface area contributed by atoms with E-state index in [0.29, 0.717) is 18.9 Å². The summed E-state index contributed by atoms with van der Waals surface area (Å²) in [4.78, 5) is 14.8. The van der Waals surface area contributed by atoms with Gasteiger partial charge in [-0.15, -0.1) is 0 Å². The van der Waals surface area contributed by atoms with Crippen LogP contribution >= 0.6 is 0 Å². The number of piperidine rings is 1. The molecule has 31 heavy (non-hydrogen) atoms. The van der Waals surface area contributed by atoms with Gasteiger partial charge in [0.15, 0.2) is 0 Å². The Bertz CT molecular complexity index is 970. The summed E-state index contributed by atoms with van der Waals surface area (Å²) in [6.07, 6.45) is 3.60. The van der Waals surface area contributed by atoms with Crippen molar-refractivity contribution >= 4 is 15.9 Å². The van der Waals surface area contributed by atoms with Gasteiger partial charge in [0.05, 0.1) is 10.9 Å². The minimum atomic E-state index is -3.69. The summed E-state index contributed by atoms with van der Waals surface area (Å²) in [6.45, 7) is 4.15. The first-order valence-corrected chi connectivity index (χ1v) is 12.1. The maximum absolute atomic E-state index is 13.1. The largest absolute Gasteiger partial charge is 0.354 e. The molecule has 0 aromatic heterocycles. The molecule has 168 valence electrons. The predicted molar refractivity (Wildman–Crippen MR) is 118 cm³/mol. The van der Waals surface area contributed by atoms with Gasteiger partial charge in [0.1, 0.15) is 5.82 Å². The van der Waals surface area contributed by atoms with Gasteiger partial charge in [-0.3, -0.25) is 9.69 Å². The van der Waals surface area contributed by atoms with E-state index in [9.17, 15) is 17.6 Å². The quantitative estimate of drug-likeness (QED) is 0.650. The normalized spacial score (nSPS) is 16.7. The minimum absolute atomic E-state index is 0.00172. The van der Waals surface area contributed by atoms with Crippen LogP contribution in [0.3, 0.4) is 0 Å². The van der Waals surface area contributed by atoms with Crippen LogP contribution in [0.2, 0.25) is 0 Å². The first kappa shape index (κ1) is 23.4. The lowest BCUT2D eigenvalue weighted by molar-refractivity contribution is -0.126. The molecule has 0 saturated carbocycles. The van der Waals surface area contributed by atoms with Crippen LogP contribution in [0, 0.1) is 11.7 Å². The Morgan fingerprint density at radius 2 is 1.68 bits per heavy atom. The van der Waals surface area contributed by atoms with Crippen molar-refractivity contribution in [3.63, 3.8) is 0 Å². The van der Waals surface area contributed by atoms with E-state index in [1.807, 2.05) is 19.1 Å². The number of amides is 1. The lowest BCUT2D eigenvalue weighted by Gasteiger charge is -2.35. The first-order chi connectivity index (χ1) is 14.7. The second-order valence-electron chi connectivity index (χ2n) is 8.22. The number of hydrogen-bond acceptors (Lipinski definition) is 4. The SMILES string of the molecule is CC(C(=O)NCCc1ccc(S(N)(=O)=O)cc1)N1CCC(Cc2ccc(F)cc2)CC1. The fraction of sp³-hybridized carbons (Fsp3) is 0.435. The number of hydrogen-bond donors (Lipinski definition) is 2. The molecule has 1 atom stereocenters. The summed E-state index contributed by atoms with van der Waals surface area (Å²) >= 11 is 0. The molecule has 8 heteroatoms. The molecule has 1 amide bonds. The van der Waals surface area contributed by atoms with Crippen LogP contribution in [-0.2, 0) is 27.7 Å². The molecule has 1 heterocycles. The average Bonchev–Trinajstić information content (AvgIpc) is 2.75. The van der Waals surface area contributed by atoms with Crippen LogP contribution in [0.5, 0.6) is 0 Å². The summed E-state index contributed by atoms with van der Waals surface area (Å²) in [5.74, 6) is 0.342. The van der Waals surface area contributed by atoms with E-state index in [4.69, 9.17) is 5.14 Å². The van der Waals surface area contributed by atoms with Crippen molar-refractivity contribution in [1.29, 1.82) is 0 Å². The molecular formula is C23H30FN3O3S. The summed E-state index contributed by atoms with van der Waals surface area (Å²) in [5.41, 5.74) is 2.09. The number of nitrogens with one attached hydrogen (secondary N) is 1. The van der Waals surface area contributed by atoms with E-state index in [2.05, 4.69) is 10.2 Å². The van der Waals surface area contributed by atoms with Gasteiger partial charge in [-0.1, -0.05) is 24.3 Å². The van der Waals surface area contributed by atoms with Crippen LogP contribution in [0.25, 0.3) is 0 Å². The monoisotopic (exact) mass is 447 g/mol. The summed E-state index contributed by atoms with van der Waals surface area (Å²) in [6, 6.07) is 12.9. The van der Waals surface area contributed by atoms with Crippen molar-refractivity contribution < 1.29 is 17.6 Å². The third-order valence-electron chi connectivity index (χ3n) is 5.98. The Balaban J connectivity index is 1.39. The molecule has 0 spiro atoms. The number of likely N-dealkylation sites (tertiary alicyclic amines) is 1. The third kappa shape index (κ3) is 6.85. The molecule has 0 bridgehead atoms. The van der Waals surface area contributed by atoms with Crippen molar-refractivity contribution in [2.75, 3.05) is 19.6 Å². The maximum atomic E-state index is 13.1. The van der Waals surface area contributed by atoms with Gasteiger partial charge in [0.2, 0.25) is 15.9 Å². The van der Waals surface area contributed by atoms with Crippen molar-refractivity contribution in [3.05, 3.63) is 65.5 Å². The maximum Gasteiger partial charge on any atom is 0.238 e. The van der Waals surface area contributed by atoms with Gasteiger partial charge in [0, 0.05) is 6.54 Å². The average molecular weight is 448 g/mol. The zero-order valence-electron chi connectivity index (χ0n) is 17.8. The third-order valence-corrected chi connectivity index (χ3v) is 6.91. The highest BCUT2D eigenvalue weighted by Gasteiger charge is 2.26. The Morgan fingerprint density at radius 3 is 2.26 bits per heavy atom. The van der Waals surface area contributed by atoms with Gasteiger partial charge in [0.25, 0.3) is 0 Å². The number of benzene rings is 2. The molecule has 1 saturated heterocycles. The number of nitrogens with zero attached hydrogens (tertiary/aromatic N) is 1. The van der Waals surface area contributed by atoms with Crippen LogP contribution in [0.4, 0.5) is 4.39 Å². The lowest BCUT2D eigenvalue weighted by Crippen LogP contribution is -2.48. The first-order valence-electron chi connectivity index (χ1n) is 10.6.